The maximum Gasteiger partial charge on any atom is 0.368 e. The Kier molecular flexibility index (Phi) is 4.41. The van der Waals surface area contributed by atoms with Gasteiger partial charge in [-0.15, -0.1) is 0 Å². The molecule has 0 aliphatic rings. The van der Waals surface area contributed by atoms with Crippen LogP contribution in [-0.2, 0) is 12.5 Å². The molecule has 1 heterocycles. The predicted octanol–water partition coefficient (Wildman–Crippen LogP) is -0.572. The lowest BCUT2D eigenvalue weighted by atomic mass is 9.77. The van der Waals surface area contributed by atoms with Crippen LogP contribution in [-0.4, -0.2) is 46.0 Å². The molecule has 7 nitrogen and oxygen atoms in total. The highest BCUT2D eigenvalue weighted by Gasteiger charge is 2.21. The minimum absolute atomic E-state index is 0.0936. The van der Waals surface area contributed by atoms with E-state index in [0.717, 1.165) is 14.9 Å². The van der Waals surface area contributed by atoms with E-state index in [1.54, 1.807) is 12.1 Å². The first-order chi connectivity index (χ1) is 10.3. The van der Waals surface area contributed by atoms with Crippen LogP contribution in [0.4, 0.5) is 0 Å². The highest BCUT2D eigenvalue weighted by molar-refractivity contribution is 6.33. The molecule has 1 aromatic carbocycles. The Morgan fingerprint density at radius 1 is 1.32 bits per heavy atom. The van der Waals surface area contributed by atoms with Crippen LogP contribution in [0.25, 0.3) is 5.69 Å². The molecule has 1 aromatic heterocycles. The van der Waals surface area contributed by atoms with E-state index >= 15 is 0 Å². The summed E-state index contributed by atoms with van der Waals surface area (Å²) in [5.74, 6) is 0.377. The molecular weight excluding hydrogens is 283 g/mol. The number of benzene rings is 1. The molecule has 0 saturated carbocycles. The van der Waals surface area contributed by atoms with Gasteiger partial charge in [0.2, 0.25) is 0 Å². The summed E-state index contributed by atoms with van der Waals surface area (Å²) in [6.07, 6.45) is 0. The highest BCUT2D eigenvalue weighted by Crippen LogP contribution is 2.27. The van der Waals surface area contributed by atoms with Gasteiger partial charge in [0.25, 0.3) is 0 Å². The molecule has 0 saturated heterocycles. The number of aryl methyl sites for hydroxylation is 1. The number of aliphatic hydroxyl groups is 1. The summed E-state index contributed by atoms with van der Waals surface area (Å²) in [6.45, 7) is 6.02. The molecule has 0 aliphatic carbocycles. The van der Waals surface area contributed by atoms with Crippen LogP contribution in [0, 0.1) is 0 Å². The van der Waals surface area contributed by atoms with E-state index in [0.29, 0.717) is 16.9 Å². The Morgan fingerprint density at radius 2 is 2.00 bits per heavy atom. The van der Waals surface area contributed by atoms with Crippen LogP contribution in [0.2, 0.25) is 0 Å². The van der Waals surface area contributed by atoms with E-state index in [-0.39, 0.29) is 18.6 Å². The standard InChI is InChI=1S/C14H19BN4O3/c1-14(2,3)9-7-11(19-13(21)18(4)16-17-19)12(8-10(9)15)22-6-5-20/h7-8,20H,5-6H2,1-4H3. The lowest BCUT2D eigenvalue weighted by molar-refractivity contribution is 0.201. The average Bonchev–Trinajstić information content (AvgIpc) is 2.75. The zero-order valence-corrected chi connectivity index (χ0v) is 13.2. The molecule has 2 rings (SSSR count). The number of ether oxygens (including phenoxy) is 1. The Morgan fingerprint density at radius 3 is 2.50 bits per heavy atom. The Bertz CT molecular complexity index is 731. The van der Waals surface area contributed by atoms with Crippen molar-refractivity contribution in [2.45, 2.75) is 26.2 Å². The normalized spacial score (nSPS) is 11.7. The van der Waals surface area contributed by atoms with E-state index in [4.69, 9.17) is 17.7 Å². The number of nitrogens with zero attached hydrogens (tertiary/aromatic N) is 4. The Hall–Kier alpha value is -2.09. The molecule has 0 aliphatic heterocycles. The van der Waals surface area contributed by atoms with Gasteiger partial charge in [-0.1, -0.05) is 26.2 Å². The third kappa shape index (κ3) is 3.06. The molecule has 116 valence electrons. The lowest BCUT2D eigenvalue weighted by Crippen LogP contribution is -2.27. The van der Waals surface area contributed by atoms with Crippen molar-refractivity contribution in [1.29, 1.82) is 0 Å². The van der Waals surface area contributed by atoms with Crippen molar-refractivity contribution in [2.75, 3.05) is 13.2 Å². The van der Waals surface area contributed by atoms with Gasteiger partial charge in [-0.05, 0) is 33.5 Å². The molecular formula is C14H19BN4O3. The van der Waals surface area contributed by atoms with Gasteiger partial charge in [0.05, 0.1) is 6.61 Å². The first-order valence-electron chi connectivity index (χ1n) is 6.92. The molecule has 0 spiro atoms. The first-order valence-corrected chi connectivity index (χ1v) is 6.92. The van der Waals surface area contributed by atoms with E-state index in [9.17, 15) is 4.79 Å². The molecule has 0 bridgehead atoms. The number of aromatic nitrogens is 4. The van der Waals surface area contributed by atoms with Crippen LogP contribution < -0.4 is 15.9 Å². The van der Waals surface area contributed by atoms with Crippen molar-refractivity contribution >= 4 is 13.3 Å². The van der Waals surface area contributed by atoms with Gasteiger partial charge in [0.1, 0.15) is 25.9 Å². The second-order valence-electron chi connectivity index (χ2n) is 6.03. The smallest absolute Gasteiger partial charge is 0.368 e. The van der Waals surface area contributed by atoms with E-state index in [2.05, 4.69) is 10.4 Å². The fourth-order valence-corrected chi connectivity index (χ4v) is 2.14. The zero-order valence-electron chi connectivity index (χ0n) is 13.2. The third-order valence-electron chi connectivity index (χ3n) is 3.24. The largest absolute Gasteiger partial charge is 0.489 e. The maximum atomic E-state index is 12.1. The summed E-state index contributed by atoms with van der Waals surface area (Å²) in [6, 6.07) is 3.42. The van der Waals surface area contributed by atoms with Crippen LogP contribution in [0.3, 0.4) is 0 Å². The number of hydrogen-bond acceptors (Lipinski definition) is 5. The Labute approximate surface area is 129 Å². The van der Waals surface area contributed by atoms with Crippen molar-refractivity contribution in [3.8, 4) is 11.4 Å². The molecule has 8 heteroatoms. The van der Waals surface area contributed by atoms with Gasteiger partial charge >= 0.3 is 5.69 Å². The SMILES string of the molecule is [B]c1cc(OCCO)c(-n2nnn(C)c2=O)cc1C(C)(C)C. The lowest BCUT2D eigenvalue weighted by Gasteiger charge is -2.24. The first kappa shape index (κ1) is 16.3. The van der Waals surface area contributed by atoms with Crippen LogP contribution in [0.15, 0.2) is 16.9 Å². The summed E-state index contributed by atoms with van der Waals surface area (Å²) >= 11 is 0. The number of rotatable bonds is 4. The van der Waals surface area contributed by atoms with E-state index in [1.165, 1.54) is 7.05 Å². The van der Waals surface area contributed by atoms with Gasteiger partial charge < -0.3 is 9.84 Å². The third-order valence-corrected chi connectivity index (χ3v) is 3.24. The van der Waals surface area contributed by atoms with E-state index < -0.39 is 5.69 Å². The van der Waals surface area contributed by atoms with Gasteiger partial charge in [0, 0.05) is 7.05 Å². The van der Waals surface area contributed by atoms with Crippen LogP contribution >= 0.6 is 0 Å². The van der Waals surface area contributed by atoms with Crippen LogP contribution in [0.5, 0.6) is 5.75 Å². The quantitative estimate of drug-likeness (QED) is 0.765. The molecule has 0 amide bonds. The molecule has 0 unspecified atom stereocenters. The van der Waals surface area contributed by atoms with Crippen molar-refractivity contribution < 1.29 is 9.84 Å². The van der Waals surface area contributed by atoms with Crippen molar-refractivity contribution in [1.82, 2.24) is 19.8 Å². The van der Waals surface area contributed by atoms with Gasteiger partial charge in [-0.3, -0.25) is 0 Å². The highest BCUT2D eigenvalue weighted by atomic mass is 16.5. The average molecular weight is 302 g/mol. The molecule has 1 N–H and O–H groups in total. The topological polar surface area (TPSA) is 82.2 Å². The van der Waals surface area contributed by atoms with Crippen molar-refractivity contribution in [2.24, 2.45) is 7.05 Å². The second kappa shape index (κ2) is 5.96. The molecule has 2 radical (unpaired) electrons. The van der Waals surface area contributed by atoms with Gasteiger partial charge in [0.15, 0.2) is 0 Å². The summed E-state index contributed by atoms with van der Waals surface area (Å²) < 4.78 is 7.77. The summed E-state index contributed by atoms with van der Waals surface area (Å²) in [5.41, 5.74) is 1.28. The maximum absolute atomic E-state index is 12.1. The second-order valence-corrected chi connectivity index (χ2v) is 6.03. The summed E-state index contributed by atoms with van der Waals surface area (Å²) in [5, 5.41) is 16.5. The molecule has 0 fully saturated rings. The van der Waals surface area contributed by atoms with Gasteiger partial charge in [-0.25, -0.2) is 4.79 Å². The summed E-state index contributed by atoms with van der Waals surface area (Å²) in [7, 11) is 7.61. The van der Waals surface area contributed by atoms with Crippen molar-refractivity contribution in [3.63, 3.8) is 0 Å². The fourth-order valence-electron chi connectivity index (χ4n) is 2.14. The van der Waals surface area contributed by atoms with Gasteiger partial charge in [-0.2, -0.15) is 9.36 Å². The zero-order chi connectivity index (χ0) is 16.5. The Balaban J connectivity index is 2.67. The monoisotopic (exact) mass is 302 g/mol. The molecule has 2 aromatic rings. The minimum Gasteiger partial charge on any atom is -0.489 e. The predicted molar refractivity (Wildman–Crippen MR) is 83.3 cm³/mol. The number of tetrazole rings is 1. The number of aliphatic hydroxyl groups excluding tert-OH is 1. The number of hydrogen-bond donors (Lipinski definition) is 1. The van der Waals surface area contributed by atoms with E-state index in [1.807, 2.05) is 20.8 Å². The minimum atomic E-state index is -0.390. The molecule has 0 atom stereocenters. The van der Waals surface area contributed by atoms with Crippen molar-refractivity contribution in [3.05, 3.63) is 28.2 Å². The molecule has 22 heavy (non-hydrogen) atoms. The fraction of sp³-hybridized carbons (Fsp3) is 0.500. The van der Waals surface area contributed by atoms with Crippen LogP contribution in [0.1, 0.15) is 26.3 Å². The summed E-state index contributed by atoms with van der Waals surface area (Å²) in [4.78, 5) is 12.1.